The maximum absolute atomic E-state index is 13.6. The Balaban J connectivity index is 1.25. The van der Waals surface area contributed by atoms with Crippen LogP contribution in [0.2, 0.25) is 0 Å². The third-order valence-corrected chi connectivity index (χ3v) is 10.4. The molecule has 0 saturated carbocycles. The fraction of sp³-hybridized carbons (Fsp3) is 0.459. The first kappa shape index (κ1) is 37.4. The number of ether oxygens (including phenoxy) is 5. The zero-order valence-electron chi connectivity index (χ0n) is 28.9. The Morgan fingerprint density at radius 2 is 1.70 bits per heavy atom. The van der Waals surface area contributed by atoms with E-state index in [9.17, 15) is 44.1 Å². The second-order valence-electron chi connectivity index (χ2n) is 13.6. The molecule has 282 valence electrons. The maximum atomic E-state index is 13.6. The lowest BCUT2D eigenvalue weighted by Gasteiger charge is -2.56. The molecule has 2 aliphatic carbocycles. The van der Waals surface area contributed by atoms with Crippen LogP contribution in [0.25, 0.3) is 0 Å². The summed E-state index contributed by atoms with van der Waals surface area (Å²) in [5.41, 5.74) is -0.102. The standard InChI is InChI=1S/C37H39NO15/c1-19(40)49-25(34(46)53-31(20-7-4-3-5-8-20)35(47)51-24(33(44)45)16-27(41)42)17-28(43)50-23-11-13-37(48)26-15-21-9-10-22(18-39)30-29(21)36(37,32(23)52-30)12-6-14-38(26)2/h3-5,7-11,24-26,31-32,39,48H,6,12-18H2,1-2H3,(H,41,42)(H,44,45)/t24-,25+,26-,31+,32+,36+,37-/m1/s1. The summed E-state index contributed by atoms with van der Waals surface area (Å²) < 4.78 is 27.7. The minimum absolute atomic E-state index is 0.00738. The van der Waals surface area contributed by atoms with Crippen LogP contribution >= 0.6 is 0 Å². The number of rotatable bonds is 13. The largest absolute Gasteiger partial charge is 0.481 e. The van der Waals surface area contributed by atoms with Gasteiger partial charge in [-0.25, -0.2) is 14.4 Å². The lowest BCUT2D eigenvalue weighted by atomic mass is 9.52. The van der Waals surface area contributed by atoms with Crippen molar-refractivity contribution in [3.63, 3.8) is 0 Å². The van der Waals surface area contributed by atoms with Crippen molar-refractivity contribution >= 4 is 35.8 Å². The topological polar surface area (TPSA) is 233 Å². The van der Waals surface area contributed by atoms with E-state index in [-0.39, 0.29) is 30.4 Å². The number of nitrogens with zero attached hydrogens (tertiary/aromatic N) is 1. The Labute approximate surface area is 302 Å². The predicted octanol–water partition coefficient (Wildman–Crippen LogP) is 1.47. The molecule has 0 amide bonds. The molecule has 2 aromatic carbocycles. The third-order valence-electron chi connectivity index (χ3n) is 10.4. The van der Waals surface area contributed by atoms with Gasteiger partial charge in [0, 0.05) is 36.1 Å². The summed E-state index contributed by atoms with van der Waals surface area (Å²) in [6.45, 7) is 1.35. The van der Waals surface area contributed by atoms with Gasteiger partial charge in [0.2, 0.25) is 18.3 Å². The van der Waals surface area contributed by atoms with Gasteiger partial charge in [-0.1, -0.05) is 42.5 Å². The highest BCUT2D eigenvalue weighted by Gasteiger charge is 2.70. The van der Waals surface area contributed by atoms with Crippen LogP contribution in [0, 0.1) is 0 Å². The number of likely N-dealkylation sites (tertiary alicyclic amines) is 1. The summed E-state index contributed by atoms with van der Waals surface area (Å²) in [5.74, 6) is -7.69. The fourth-order valence-corrected chi connectivity index (χ4v) is 8.20. The van der Waals surface area contributed by atoms with E-state index in [0.717, 1.165) is 18.1 Å². The highest BCUT2D eigenvalue weighted by Crippen LogP contribution is 2.64. The zero-order chi connectivity index (χ0) is 38.2. The van der Waals surface area contributed by atoms with E-state index < -0.39 is 84.1 Å². The van der Waals surface area contributed by atoms with E-state index in [4.69, 9.17) is 28.8 Å². The highest BCUT2D eigenvalue weighted by molar-refractivity contribution is 5.88. The molecule has 7 atom stereocenters. The van der Waals surface area contributed by atoms with Crippen molar-refractivity contribution in [2.24, 2.45) is 0 Å². The number of benzene rings is 2. The molecule has 53 heavy (non-hydrogen) atoms. The summed E-state index contributed by atoms with van der Waals surface area (Å²) in [4.78, 5) is 77.2. The van der Waals surface area contributed by atoms with Crippen molar-refractivity contribution in [3.05, 3.63) is 76.6 Å². The van der Waals surface area contributed by atoms with Crippen LogP contribution in [0.3, 0.4) is 0 Å². The van der Waals surface area contributed by atoms with Gasteiger partial charge in [-0.15, -0.1) is 0 Å². The molecule has 0 aromatic heterocycles. The van der Waals surface area contributed by atoms with E-state index in [2.05, 4.69) is 4.90 Å². The van der Waals surface area contributed by atoms with E-state index in [0.29, 0.717) is 37.1 Å². The summed E-state index contributed by atoms with van der Waals surface area (Å²) in [5, 5.41) is 41.2. The van der Waals surface area contributed by atoms with E-state index in [1.165, 1.54) is 24.3 Å². The first-order chi connectivity index (χ1) is 25.2. The van der Waals surface area contributed by atoms with Crippen LogP contribution in [-0.2, 0) is 66.2 Å². The summed E-state index contributed by atoms with van der Waals surface area (Å²) in [6.07, 6.45) is -5.59. The molecule has 2 aliphatic heterocycles. The van der Waals surface area contributed by atoms with E-state index >= 15 is 0 Å². The Kier molecular flexibility index (Phi) is 10.3. The molecule has 2 heterocycles. The first-order valence-corrected chi connectivity index (χ1v) is 17.0. The average molecular weight is 738 g/mol. The second kappa shape index (κ2) is 14.6. The number of hydrogen-bond donors (Lipinski definition) is 4. The molecule has 0 unspecified atom stereocenters. The van der Waals surface area contributed by atoms with Crippen LogP contribution in [0.15, 0.2) is 54.3 Å². The molecule has 4 aliphatic rings. The van der Waals surface area contributed by atoms with Gasteiger partial charge in [-0.2, -0.15) is 0 Å². The normalized spacial score (nSPS) is 25.5. The van der Waals surface area contributed by atoms with Gasteiger partial charge in [0.05, 0.1) is 30.5 Å². The molecule has 4 N–H and O–H groups in total. The van der Waals surface area contributed by atoms with Crippen molar-refractivity contribution in [2.75, 3.05) is 13.6 Å². The number of carboxylic acid groups (broad SMARTS) is 2. The molecule has 0 radical (unpaired) electrons. The third kappa shape index (κ3) is 6.73. The van der Waals surface area contributed by atoms with Crippen LogP contribution in [0.5, 0.6) is 5.75 Å². The van der Waals surface area contributed by atoms with Gasteiger partial charge in [0.25, 0.3) is 0 Å². The number of hydrogen-bond acceptors (Lipinski definition) is 14. The Hall–Kier alpha value is -5.32. The van der Waals surface area contributed by atoms with Crippen LogP contribution in [0.4, 0.5) is 0 Å². The van der Waals surface area contributed by atoms with Crippen LogP contribution in [-0.4, -0.2) is 105 Å². The van der Waals surface area contributed by atoms with Crippen LogP contribution in [0.1, 0.15) is 67.4 Å². The number of carbonyl (C=O) groups excluding carboxylic acids is 4. The van der Waals surface area contributed by atoms with Gasteiger partial charge in [-0.3, -0.25) is 14.4 Å². The number of aliphatic hydroxyl groups excluding tert-OH is 1. The number of carbonyl (C=O) groups is 6. The molecular formula is C37H39NO15. The van der Waals surface area contributed by atoms with E-state index in [1.807, 2.05) is 13.1 Å². The predicted molar refractivity (Wildman–Crippen MR) is 177 cm³/mol. The van der Waals surface area contributed by atoms with E-state index in [1.54, 1.807) is 18.2 Å². The lowest BCUT2D eigenvalue weighted by Crippen LogP contribution is -2.69. The minimum Gasteiger partial charge on any atom is -0.481 e. The van der Waals surface area contributed by atoms with Crippen LogP contribution < -0.4 is 4.74 Å². The molecule has 1 spiro atoms. The van der Waals surface area contributed by atoms with Crippen molar-refractivity contribution in [2.45, 2.75) is 93.5 Å². The number of likely N-dealkylation sites (N-methyl/N-ethyl adjacent to an activating group) is 1. The molecule has 6 rings (SSSR count). The second-order valence-corrected chi connectivity index (χ2v) is 13.6. The summed E-state index contributed by atoms with van der Waals surface area (Å²) >= 11 is 0. The first-order valence-electron chi connectivity index (χ1n) is 17.0. The summed E-state index contributed by atoms with van der Waals surface area (Å²) in [7, 11) is 1.95. The fourth-order valence-electron chi connectivity index (χ4n) is 8.20. The zero-order valence-corrected chi connectivity index (χ0v) is 28.9. The SMILES string of the molecule is CC(=O)O[C@@H](CC(=O)OC1=CC[C@@]2(O)[C@H]3Cc4ccc(CO)c5c4[C@@]2(CCCN3C)[C@H]1O5)C(=O)O[C@H](C(=O)O[C@H](CC(=O)O)C(=O)O)c1ccccc1. The molecule has 2 bridgehead atoms. The Morgan fingerprint density at radius 3 is 2.36 bits per heavy atom. The van der Waals surface area contributed by atoms with Gasteiger partial charge in [0.1, 0.15) is 11.5 Å². The quantitative estimate of drug-likeness (QED) is 0.168. The molecule has 16 nitrogen and oxygen atoms in total. The molecule has 16 heteroatoms. The van der Waals surface area contributed by atoms with Gasteiger partial charge < -0.3 is 49.0 Å². The Bertz CT molecular complexity index is 1860. The number of aliphatic hydroxyl groups is 2. The van der Waals surface area contributed by atoms with Gasteiger partial charge in [0.15, 0.2) is 6.10 Å². The smallest absolute Gasteiger partial charge is 0.353 e. The minimum atomic E-state index is -2.12. The van der Waals surface area contributed by atoms with Crippen molar-refractivity contribution in [3.8, 4) is 5.75 Å². The highest BCUT2D eigenvalue weighted by atomic mass is 16.6. The summed E-state index contributed by atoms with van der Waals surface area (Å²) in [6, 6.07) is 10.7. The van der Waals surface area contributed by atoms with Crippen molar-refractivity contribution in [1.29, 1.82) is 0 Å². The number of carboxylic acids is 2. The van der Waals surface area contributed by atoms with Gasteiger partial charge >= 0.3 is 35.8 Å². The van der Waals surface area contributed by atoms with Crippen molar-refractivity contribution < 1.29 is 72.9 Å². The molecule has 1 saturated heterocycles. The number of esters is 4. The Morgan fingerprint density at radius 1 is 0.962 bits per heavy atom. The van der Waals surface area contributed by atoms with Crippen molar-refractivity contribution in [1.82, 2.24) is 4.90 Å². The van der Waals surface area contributed by atoms with Gasteiger partial charge in [-0.05, 0) is 44.5 Å². The average Bonchev–Trinajstić information content (AvgIpc) is 3.45. The molecular weight excluding hydrogens is 698 g/mol. The number of aliphatic carboxylic acids is 2. The molecule has 1 fully saturated rings. The maximum Gasteiger partial charge on any atom is 0.353 e. The molecule has 2 aromatic rings. The monoisotopic (exact) mass is 737 g/mol. The lowest BCUT2D eigenvalue weighted by molar-refractivity contribution is -0.185.